The van der Waals surface area contributed by atoms with E-state index in [-0.39, 0.29) is 12.5 Å². The van der Waals surface area contributed by atoms with Gasteiger partial charge in [0.05, 0.1) is 12.2 Å². The molecule has 2 N–H and O–H groups in total. The molecule has 0 bridgehead atoms. The molecule has 2 aromatic carbocycles. The molecular weight excluding hydrogens is 304 g/mol. The monoisotopic (exact) mass is 318 g/mol. The van der Waals surface area contributed by atoms with Gasteiger partial charge in [0.15, 0.2) is 0 Å². The van der Waals surface area contributed by atoms with E-state index >= 15 is 0 Å². The highest BCUT2D eigenvalue weighted by atomic mass is 79.9. The number of anilines is 2. The number of rotatable bonds is 4. The van der Waals surface area contributed by atoms with E-state index in [1.807, 2.05) is 55.5 Å². The highest BCUT2D eigenvalue weighted by Gasteiger charge is 2.05. The van der Waals surface area contributed by atoms with Gasteiger partial charge in [-0.3, -0.25) is 4.79 Å². The van der Waals surface area contributed by atoms with Crippen molar-refractivity contribution in [2.24, 2.45) is 0 Å². The normalized spacial score (nSPS) is 10.0. The van der Waals surface area contributed by atoms with E-state index in [4.69, 9.17) is 0 Å². The summed E-state index contributed by atoms with van der Waals surface area (Å²) >= 11 is 3.42. The summed E-state index contributed by atoms with van der Waals surface area (Å²) in [6, 6.07) is 15.5. The molecule has 0 heterocycles. The molecule has 0 saturated heterocycles. The Morgan fingerprint density at radius 2 is 1.89 bits per heavy atom. The van der Waals surface area contributed by atoms with Crippen molar-refractivity contribution in [2.75, 3.05) is 17.2 Å². The van der Waals surface area contributed by atoms with E-state index < -0.39 is 0 Å². The highest BCUT2D eigenvalue weighted by molar-refractivity contribution is 9.10. The summed E-state index contributed by atoms with van der Waals surface area (Å²) in [4.78, 5) is 11.9. The standard InChI is InChI=1S/C15H15BrN2O/c1-11-7-8-13(16)14(9-11)18-15(19)10-17-12-5-3-2-4-6-12/h2-9,17H,10H2,1H3,(H,18,19). The van der Waals surface area contributed by atoms with Gasteiger partial charge in [-0.25, -0.2) is 0 Å². The Morgan fingerprint density at radius 1 is 1.16 bits per heavy atom. The van der Waals surface area contributed by atoms with Crippen molar-refractivity contribution in [1.82, 2.24) is 0 Å². The number of halogens is 1. The van der Waals surface area contributed by atoms with Gasteiger partial charge >= 0.3 is 0 Å². The molecule has 0 unspecified atom stereocenters. The SMILES string of the molecule is Cc1ccc(Br)c(NC(=O)CNc2ccccc2)c1. The van der Waals surface area contributed by atoms with E-state index in [1.165, 1.54) is 0 Å². The number of nitrogens with one attached hydrogen (secondary N) is 2. The molecule has 0 saturated carbocycles. The van der Waals surface area contributed by atoms with Crippen LogP contribution >= 0.6 is 15.9 Å². The van der Waals surface area contributed by atoms with Crippen molar-refractivity contribution in [1.29, 1.82) is 0 Å². The Kier molecular flexibility index (Phi) is 4.58. The van der Waals surface area contributed by atoms with Gasteiger partial charge in [-0.15, -0.1) is 0 Å². The second-order valence-corrected chi connectivity index (χ2v) is 5.11. The molecule has 4 heteroatoms. The average molecular weight is 319 g/mol. The Hall–Kier alpha value is -1.81. The van der Waals surface area contributed by atoms with E-state index in [0.29, 0.717) is 0 Å². The molecule has 0 aliphatic rings. The summed E-state index contributed by atoms with van der Waals surface area (Å²) in [7, 11) is 0. The van der Waals surface area contributed by atoms with Crippen LogP contribution in [0.25, 0.3) is 0 Å². The largest absolute Gasteiger partial charge is 0.376 e. The first-order valence-corrected chi connectivity index (χ1v) is 6.79. The summed E-state index contributed by atoms with van der Waals surface area (Å²) in [6.45, 7) is 2.23. The molecule has 0 aliphatic heterocycles. The molecule has 0 spiro atoms. The van der Waals surface area contributed by atoms with Crippen LogP contribution in [0, 0.1) is 6.92 Å². The van der Waals surface area contributed by atoms with Crippen molar-refractivity contribution in [3.05, 3.63) is 58.6 Å². The van der Waals surface area contributed by atoms with Gasteiger partial charge in [-0.2, -0.15) is 0 Å². The number of carbonyl (C=O) groups excluding carboxylic acids is 1. The fourth-order valence-corrected chi connectivity index (χ4v) is 2.01. The van der Waals surface area contributed by atoms with Gasteiger partial charge in [0, 0.05) is 10.2 Å². The summed E-state index contributed by atoms with van der Waals surface area (Å²) < 4.78 is 0.881. The smallest absolute Gasteiger partial charge is 0.243 e. The van der Waals surface area contributed by atoms with Gasteiger partial charge in [0.1, 0.15) is 0 Å². The van der Waals surface area contributed by atoms with E-state index in [9.17, 15) is 4.79 Å². The highest BCUT2D eigenvalue weighted by Crippen LogP contribution is 2.23. The van der Waals surface area contributed by atoms with Gasteiger partial charge in [0.2, 0.25) is 5.91 Å². The third kappa shape index (κ3) is 4.10. The molecule has 3 nitrogen and oxygen atoms in total. The molecule has 0 atom stereocenters. The van der Waals surface area contributed by atoms with Crippen LogP contribution in [-0.4, -0.2) is 12.5 Å². The van der Waals surface area contributed by atoms with Gasteiger partial charge in [-0.1, -0.05) is 24.3 Å². The summed E-state index contributed by atoms with van der Waals surface area (Å²) in [5.41, 5.74) is 2.83. The van der Waals surface area contributed by atoms with Crippen LogP contribution < -0.4 is 10.6 Å². The molecule has 98 valence electrons. The Morgan fingerprint density at radius 3 is 2.63 bits per heavy atom. The second-order valence-electron chi connectivity index (χ2n) is 4.25. The van der Waals surface area contributed by atoms with Crippen molar-refractivity contribution in [3.63, 3.8) is 0 Å². The summed E-state index contributed by atoms with van der Waals surface area (Å²) in [5, 5.41) is 5.94. The van der Waals surface area contributed by atoms with Gasteiger partial charge in [-0.05, 0) is 52.7 Å². The third-order valence-electron chi connectivity index (χ3n) is 2.62. The predicted octanol–water partition coefficient (Wildman–Crippen LogP) is 3.81. The average Bonchev–Trinajstić information content (AvgIpc) is 2.42. The van der Waals surface area contributed by atoms with Crippen LogP contribution in [0.4, 0.5) is 11.4 Å². The number of amides is 1. The number of aryl methyl sites for hydroxylation is 1. The van der Waals surface area contributed by atoms with Crippen LogP contribution in [-0.2, 0) is 4.79 Å². The summed E-state index contributed by atoms with van der Waals surface area (Å²) in [6.07, 6.45) is 0. The third-order valence-corrected chi connectivity index (χ3v) is 3.31. The van der Waals surface area contributed by atoms with E-state index in [2.05, 4.69) is 26.6 Å². The first-order chi connectivity index (χ1) is 9.15. The number of hydrogen-bond acceptors (Lipinski definition) is 2. The minimum absolute atomic E-state index is 0.0739. The quantitative estimate of drug-likeness (QED) is 0.900. The minimum Gasteiger partial charge on any atom is -0.376 e. The molecule has 1 amide bonds. The van der Waals surface area contributed by atoms with Crippen molar-refractivity contribution in [3.8, 4) is 0 Å². The molecule has 2 aromatic rings. The number of benzene rings is 2. The lowest BCUT2D eigenvalue weighted by atomic mass is 10.2. The zero-order chi connectivity index (χ0) is 13.7. The molecule has 0 aromatic heterocycles. The zero-order valence-corrected chi connectivity index (χ0v) is 12.2. The van der Waals surface area contributed by atoms with Crippen LogP contribution in [0.5, 0.6) is 0 Å². The van der Waals surface area contributed by atoms with Crippen molar-refractivity contribution >= 4 is 33.2 Å². The first kappa shape index (κ1) is 13.6. The number of para-hydroxylation sites is 1. The zero-order valence-electron chi connectivity index (χ0n) is 10.6. The maximum atomic E-state index is 11.9. The topological polar surface area (TPSA) is 41.1 Å². The number of hydrogen-bond donors (Lipinski definition) is 2. The van der Waals surface area contributed by atoms with Crippen molar-refractivity contribution in [2.45, 2.75) is 6.92 Å². The molecule has 0 aliphatic carbocycles. The first-order valence-electron chi connectivity index (χ1n) is 6.00. The maximum Gasteiger partial charge on any atom is 0.243 e. The predicted molar refractivity (Wildman–Crippen MR) is 82.4 cm³/mol. The Balaban J connectivity index is 1.93. The lowest BCUT2D eigenvalue weighted by molar-refractivity contribution is -0.114. The number of carbonyl (C=O) groups is 1. The molecular formula is C15H15BrN2O. The minimum atomic E-state index is -0.0739. The van der Waals surface area contributed by atoms with Crippen LogP contribution in [0.3, 0.4) is 0 Å². The molecule has 0 fully saturated rings. The summed E-state index contributed by atoms with van der Waals surface area (Å²) in [5.74, 6) is -0.0739. The lowest BCUT2D eigenvalue weighted by Crippen LogP contribution is -2.21. The Labute approximate surface area is 121 Å². The van der Waals surface area contributed by atoms with Crippen molar-refractivity contribution < 1.29 is 4.79 Å². The molecule has 2 rings (SSSR count). The van der Waals surface area contributed by atoms with Crippen LogP contribution in [0.1, 0.15) is 5.56 Å². The fraction of sp³-hybridized carbons (Fsp3) is 0.133. The maximum absolute atomic E-state index is 11.9. The van der Waals surface area contributed by atoms with E-state index in [1.54, 1.807) is 0 Å². The fourth-order valence-electron chi connectivity index (χ4n) is 1.67. The van der Waals surface area contributed by atoms with Crippen LogP contribution in [0.15, 0.2) is 53.0 Å². The Bertz CT molecular complexity index is 570. The second kappa shape index (κ2) is 6.38. The van der Waals surface area contributed by atoms with E-state index in [0.717, 1.165) is 21.4 Å². The molecule has 19 heavy (non-hydrogen) atoms. The van der Waals surface area contributed by atoms with Crippen LogP contribution in [0.2, 0.25) is 0 Å². The lowest BCUT2D eigenvalue weighted by Gasteiger charge is -2.09. The van der Waals surface area contributed by atoms with Gasteiger partial charge < -0.3 is 10.6 Å². The molecule has 0 radical (unpaired) electrons. The van der Waals surface area contributed by atoms with Gasteiger partial charge in [0.25, 0.3) is 0 Å².